The molecule has 4 nitrogen and oxygen atoms in total. The molecule has 4 heteroatoms. The van der Waals surface area contributed by atoms with Crippen LogP contribution in [0.2, 0.25) is 0 Å². The average molecular weight is 354 g/mol. The lowest BCUT2D eigenvalue weighted by atomic mass is 9.98. The molecule has 0 aliphatic heterocycles. The largest absolute Gasteiger partial charge is 0.492 e. The molecule has 3 aromatic rings. The lowest BCUT2D eigenvalue weighted by Crippen LogP contribution is -2.04. The molecule has 0 bridgehead atoms. The van der Waals surface area contributed by atoms with Crippen molar-refractivity contribution in [2.75, 3.05) is 26.4 Å². The standard InChI is InChI=1S/C22H26O4/c1-2-16-9-10-19-20(15-16)22(26-14-6-12-24)18-8-4-3-7-17(18)21(19)25-13-5-11-23/h3-4,7-10,15,23-24H,2,5-6,11-14H2,1H3. The van der Waals surface area contributed by atoms with Crippen molar-refractivity contribution in [3.63, 3.8) is 0 Å². The molecule has 0 atom stereocenters. The van der Waals surface area contributed by atoms with E-state index < -0.39 is 0 Å². The van der Waals surface area contributed by atoms with E-state index >= 15 is 0 Å². The predicted octanol–water partition coefficient (Wildman–Crippen LogP) is 4.08. The maximum absolute atomic E-state index is 9.10. The van der Waals surface area contributed by atoms with Crippen LogP contribution in [0.1, 0.15) is 25.3 Å². The van der Waals surface area contributed by atoms with Crippen molar-refractivity contribution in [2.24, 2.45) is 0 Å². The smallest absolute Gasteiger partial charge is 0.135 e. The summed E-state index contributed by atoms with van der Waals surface area (Å²) in [6.45, 7) is 3.29. The van der Waals surface area contributed by atoms with Gasteiger partial charge in [0, 0.05) is 47.6 Å². The van der Waals surface area contributed by atoms with E-state index in [-0.39, 0.29) is 13.2 Å². The molecule has 3 rings (SSSR count). The number of benzene rings is 3. The van der Waals surface area contributed by atoms with Crippen LogP contribution in [-0.2, 0) is 6.42 Å². The molecule has 0 aliphatic carbocycles. The number of fused-ring (bicyclic) bond motifs is 2. The van der Waals surface area contributed by atoms with E-state index in [1.807, 2.05) is 24.3 Å². The van der Waals surface area contributed by atoms with Crippen LogP contribution >= 0.6 is 0 Å². The van der Waals surface area contributed by atoms with Gasteiger partial charge in [-0.15, -0.1) is 0 Å². The Morgan fingerprint density at radius 1 is 0.731 bits per heavy atom. The van der Waals surface area contributed by atoms with E-state index in [4.69, 9.17) is 19.7 Å². The van der Waals surface area contributed by atoms with Crippen LogP contribution in [0.3, 0.4) is 0 Å². The summed E-state index contributed by atoms with van der Waals surface area (Å²) in [7, 11) is 0. The second kappa shape index (κ2) is 8.88. The Bertz CT molecular complexity index is 873. The van der Waals surface area contributed by atoms with Gasteiger partial charge in [-0.25, -0.2) is 0 Å². The van der Waals surface area contributed by atoms with Crippen molar-refractivity contribution in [3.8, 4) is 11.5 Å². The second-order valence-corrected chi connectivity index (χ2v) is 6.29. The van der Waals surface area contributed by atoms with Crippen LogP contribution in [0.25, 0.3) is 21.5 Å². The molecule has 0 radical (unpaired) electrons. The van der Waals surface area contributed by atoms with Crippen LogP contribution in [0, 0.1) is 0 Å². The number of aryl methyl sites for hydroxylation is 1. The quantitative estimate of drug-likeness (QED) is 0.449. The second-order valence-electron chi connectivity index (χ2n) is 6.29. The van der Waals surface area contributed by atoms with Crippen LogP contribution < -0.4 is 9.47 Å². The lowest BCUT2D eigenvalue weighted by molar-refractivity contribution is 0.234. The Morgan fingerprint density at radius 2 is 1.27 bits per heavy atom. The fourth-order valence-electron chi connectivity index (χ4n) is 3.16. The molecule has 2 N–H and O–H groups in total. The van der Waals surface area contributed by atoms with Crippen molar-refractivity contribution in [1.82, 2.24) is 0 Å². The predicted molar refractivity (Wildman–Crippen MR) is 105 cm³/mol. The molecule has 26 heavy (non-hydrogen) atoms. The van der Waals surface area contributed by atoms with Crippen LogP contribution in [0.5, 0.6) is 11.5 Å². The van der Waals surface area contributed by atoms with Crippen LogP contribution in [-0.4, -0.2) is 36.6 Å². The molecule has 0 unspecified atom stereocenters. The number of aliphatic hydroxyl groups is 2. The molecule has 0 aromatic heterocycles. The normalized spacial score (nSPS) is 11.2. The molecule has 0 aliphatic rings. The van der Waals surface area contributed by atoms with E-state index in [1.54, 1.807) is 0 Å². The van der Waals surface area contributed by atoms with Crippen LogP contribution in [0.4, 0.5) is 0 Å². The maximum atomic E-state index is 9.10. The Labute approximate surface area is 154 Å². The number of rotatable bonds is 9. The van der Waals surface area contributed by atoms with Gasteiger partial charge in [0.1, 0.15) is 11.5 Å². The van der Waals surface area contributed by atoms with E-state index in [9.17, 15) is 0 Å². The van der Waals surface area contributed by atoms with Gasteiger partial charge in [0.25, 0.3) is 0 Å². The van der Waals surface area contributed by atoms with Gasteiger partial charge >= 0.3 is 0 Å². The lowest BCUT2D eigenvalue weighted by Gasteiger charge is -2.18. The molecule has 0 fully saturated rings. The summed E-state index contributed by atoms with van der Waals surface area (Å²) < 4.78 is 12.2. The fraction of sp³-hybridized carbons (Fsp3) is 0.364. The van der Waals surface area contributed by atoms with Crippen molar-refractivity contribution in [2.45, 2.75) is 26.2 Å². The van der Waals surface area contributed by atoms with E-state index in [2.05, 4.69) is 25.1 Å². The van der Waals surface area contributed by atoms with Crippen molar-refractivity contribution >= 4 is 21.5 Å². The van der Waals surface area contributed by atoms with Gasteiger partial charge in [0.2, 0.25) is 0 Å². The number of hydrogen-bond acceptors (Lipinski definition) is 4. The third-order valence-corrected chi connectivity index (χ3v) is 4.50. The maximum Gasteiger partial charge on any atom is 0.135 e. The fourth-order valence-corrected chi connectivity index (χ4v) is 3.16. The van der Waals surface area contributed by atoms with E-state index in [0.29, 0.717) is 26.1 Å². The monoisotopic (exact) mass is 354 g/mol. The zero-order chi connectivity index (χ0) is 18.4. The highest BCUT2D eigenvalue weighted by molar-refractivity contribution is 6.11. The van der Waals surface area contributed by atoms with Gasteiger partial charge in [0.05, 0.1) is 13.2 Å². The first kappa shape index (κ1) is 18.5. The highest BCUT2D eigenvalue weighted by atomic mass is 16.5. The van der Waals surface area contributed by atoms with Gasteiger partial charge in [-0.05, 0) is 18.1 Å². The zero-order valence-corrected chi connectivity index (χ0v) is 15.2. The highest BCUT2D eigenvalue weighted by Gasteiger charge is 2.16. The van der Waals surface area contributed by atoms with Crippen molar-refractivity contribution in [3.05, 3.63) is 48.0 Å². The molecular weight excluding hydrogens is 328 g/mol. The minimum Gasteiger partial charge on any atom is -0.492 e. The Morgan fingerprint density at radius 3 is 1.81 bits per heavy atom. The topological polar surface area (TPSA) is 58.9 Å². The molecular formula is C22H26O4. The third-order valence-electron chi connectivity index (χ3n) is 4.50. The minimum absolute atomic E-state index is 0.109. The van der Waals surface area contributed by atoms with Gasteiger partial charge in [-0.2, -0.15) is 0 Å². The van der Waals surface area contributed by atoms with Crippen molar-refractivity contribution < 1.29 is 19.7 Å². The first-order valence-electron chi connectivity index (χ1n) is 9.24. The Hall–Kier alpha value is -2.30. The highest BCUT2D eigenvalue weighted by Crippen LogP contribution is 2.43. The molecule has 0 saturated heterocycles. The SMILES string of the molecule is CCc1ccc2c(OCCCO)c3ccccc3c(OCCCO)c2c1. The molecule has 0 amide bonds. The Kier molecular flexibility index (Phi) is 6.31. The van der Waals surface area contributed by atoms with E-state index in [0.717, 1.165) is 39.5 Å². The van der Waals surface area contributed by atoms with Crippen molar-refractivity contribution in [1.29, 1.82) is 0 Å². The van der Waals surface area contributed by atoms with Crippen LogP contribution in [0.15, 0.2) is 42.5 Å². The molecule has 138 valence electrons. The first-order chi connectivity index (χ1) is 12.8. The van der Waals surface area contributed by atoms with Gasteiger partial charge in [0.15, 0.2) is 0 Å². The van der Waals surface area contributed by atoms with Gasteiger partial charge < -0.3 is 19.7 Å². The number of aliphatic hydroxyl groups excluding tert-OH is 2. The molecule has 3 aromatic carbocycles. The summed E-state index contributed by atoms with van der Waals surface area (Å²) in [5.41, 5.74) is 1.24. The summed E-state index contributed by atoms with van der Waals surface area (Å²) in [6, 6.07) is 14.4. The zero-order valence-electron chi connectivity index (χ0n) is 15.2. The summed E-state index contributed by atoms with van der Waals surface area (Å²) in [5, 5.41) is 22.2. The molecule has 0 heterocycles. The first-order valence-corrected chi connectivity index (χ1v) is 9.24. The summed E-state index contributed by atoms with van der Waals surface area (Å²) in [4.78, 5) is 0. The summed E-state index contributed by atoms with van der Waals surface area (Å²) >= 11 is 0. The van der Waals surface area contributed by atoms with Gasteiger partial charge in [-0.1, -0.05) is 43.3 Å². The molecule has 0 spiro atoms. The summed E-state index contributed by atoms with van der Waals surface area (Å²) in [5.74, 6) is 1.68. The minimum atomic E-state index is 0.109. The number of hydrogen-bond donors (Lipinski definition) is 2. The third kappa shape index (κ3) is 3.76. The van der Waals surface area contributed by atoms with Gasteiger partial charge in [-0.3, -0.25) is 0 Å². The number of ether oxygens (including phenoxy) is 2. The average Bonchev–Trinajstić information content (AvgIpc) is 2.69. The molecule has 0 saturated carbocycles. The Balaban J connectivity index is 2.22. The summed E-state index contributed by atoms with van der Waals surface area (Å²) in [6.07, 6.45) is 2.13. The van der Waals surface area contributed by atoms with E-state index in [1.165, 1.54) is 5.56 Å².